The summed E-state index contributed by atoms with van der Waals surface area (Å²) in [5.41, 5.74) is 2.73. The van der Waals surface area contributed by atoms with E-state index in [-0.39, 0.29) is 41.0 Å². The Hall–Kier alpha value is -2.10. The third kappa shape index (κ3) is 4.78. The Labute approximate surface area is 244 Å². The van der Waals surface area contributed by atoms with Crippen LogP contribution >= 0.6 is 27.7 Å². The van der Waals surface area contributed by atoms with E-state index in [1.54, 1.807) is 45.5 Å². The summed E-state index contributed by atoms with van der Waals surface area (Å²) in [4.78, 5) is 48.2. The molecule has 1 aromatic rings. The number of rotatable bonds is 11. The van der Waals surface area contributed by atoms with Gasteiger partial charge in [0.05, 0.1) is 29.2 Å². The first-order chi connectivity index (χ1) is 18.6. The predicted molar refractivity (Wildman–Crippen MR) is 161 cm³/mol. The van der Waals surface area contributed by atoms with Crippen molar-refractivity contribution in [3.05, 3.63) is 54.6 Å². The molecule has 0 aromatic heterocycles. The first-order valence-corrected chi connectivity index (χ1v) is 15.5. The number of carbonyl (C=O) groups excluding carboxylic acids is 3. The molecule has 1 aromatic carbocycles. The van der Waals surface area contributed by atoms with Crippen molar-refractivity contribution >= 4 is 51.1 Å². The molecule has 3 unspecified atom stereocenters. The number of aliphatic hydroxyl groups excluding tert-OH is 1. The Balaban J connectivity index is 1.84. The maximum atomic E-state index is 14.7. The van der Waals surface area contributed by atoms with Crippen LogP contribution in [0.1, 0.15) is 37.8 Å². The molecule has 9 heteroatoms. The molecule has 3 aliphatic heterocycles. The Kier molecular flexibility index (Phi) is 9.03. The lowest BCUT2D eigenvalue weighted by atomic mass is 9.70. The number of aliphatic hydroxyl groups is 1. The van der Waals surface area contributed by atoms with Gasteiger partial charge in [0, 0.05) is 35.4 Å². The highest BCUT2D eigenvalue weighted by Gasteiger charge is 2.76. The third-order valence-electron chi connectivity index (χ3n) is 8.43. The lowest BCUT2D eigenvalue weighted by Crippen LogP contribution is -2.58. The Morgan fingerprint density at radius 3 is 2.44 bits per heavy atom. The lowest BCUT2D eigenvalue weighted by Gasteiger charge is -2.40. The summed E-state index contributed by atoms with van der Waals surface area (Å²) >= 11 is 5.46. The van der Waals surface area contributed by atoms with Crippen LogP contribution in [0.5, 0.6) is 0 Å². The van der Waals surface area contributed by atoms with E-state index in [4.69, 9.17) is 0 Å². The lowest BCUT2D eigenvalue weighted by molar-refractivity contribution is -0.145. The molecule has 3 amide bonds. The SMILES string of the molecule is C=CCN(CCC)C(=O)[C@H]1[C@@H]2SC3(CC2Br)C(C(=O)N(CC=C)c2c(C)cccc2C)N([C@H](C)CO)C(=O)[C@H]13. The Morgan fingerprint density at radius 2 is 1.87 bits per heavy atom. The Morgan fingerprint density at radius 1 is 1.23 bits per heavy atom. The molecule has 4 rings (SSSR count). The van der Waals surface area contributed by atoms with Crippen molar-refractivity contribution in [1.82, 2.24) is 9.80 Å². The second kappa shape index (κ2) is 11.8. The first kappa shape index (κ1) is 29.9. The van der Waals surface area contributed by atoms with Crippen molar-refractivity contribution in [2.24, 2.45) is 11.8 Å². The number of aryl methyl sites for hydroxylation is 2. The minimum Gasteiger partial charge on any atom is -0.394 e. The van der Waals surface area contributed by atoms with Crippen LogP contribution in [0.2, 0.25) is 0 Å². The summed E-state index contributed by atoms with van der Waals surface area (Å²) in [6.45, 7) is 16.5. The molecule has 0 aliphatic carbocycles. The minimum absolute atomic E-state index is 0.0135. The van der Waals surface area contributed by atoms with E-state index >= 15 is 0 Å². The van der Waals surface area contributed by atoms with Crippen molar-refractivity contribution in [2.75, 3.05) is 31.1 Å². The van der Waals surface area contributed by atoms with Crippen LogP contribution in [0.4, 0.5) is 5.69 Å². The zero-order chi connectivity index (χ0) is 28.6. The molecule has 7 atom stereocenters. The number of thioether (sulfide) groups is 1. The number of amides is 3. The molecule has 0 saturated carbocycles. The number of benzene rings is 1. The number of likely N-dealkylation sites (tertiary alicyclic amines) is 1. The number of alkyl halides is 1. The van der Waals surface area contributed by atoms with Crippen molar-refractivity contribution in [3.63, 3.8) is 0 Å². The van der Waals surface area contributed by atoms with Crippen LogP contribution in [-0.2, 0) is 14.4 Å². The van der Waals surface area contributed by atoms with Gasteiger partial charge in [0.1, 0.15) is 6.04 Å². The summed E-state index contributed by atoms with van der Waals surface area (Å²) in [5.74, 6) is -1.64. The van der Waals surface area contributed by atoms with E-state index in [1.807, 2.05) is 39.0 Å². The van der Waals surface area contributed by atoms with Gasteiger partial charge < -0.3 is 19.8 Å². The van der Waals surface area contributed by atoms with Gasteiger partial charge in [-0.3, -0.25) is 14.4 Å². The molecular formula is C30H40BrN3O4S. The molecule has 7 nitrogen and oxygen atoms in total. The molecule has 0 radical (unpaired) electrons. The highest BCUT2D eigenvalue weighted by atomic mass is 79.9. The van der Waals surface area contributed by atoms with E-state index in [9.17, 15) is 19.5 Å². The molecule has 3 aliphatic rings. The summed E-state index contributed by atoms with van der Waals surface area (Å²) in [6, 6.07) is 4.52. The molecule has 1 spiro atoms. The van der Waals surface area contributed by atoms with Crippen LogP contribution < -0.4 is 4.90 Å². The monoisotopic (exact) mass is 617 g/mol. The average molecular weight is 619 g/mol. The van der Waals surface area contributed by atoms with Gasteiger partial charge in [-0.15, -0.1) is 24.9 Å². The van der Waals surface area contributed by atoms with Gasteiger partial charge in [-0.2, -0.15) is 0 Å². The van der Waals surface area contributed by atoms with Gasteiger partial charge in [0.2, 0.25) is 11.8 Å². The quantitative estimate of drug-likeness (QED) is 0.299. The summed E-state index contributed by atoms with van der Waals surface area (Å²) in [6.07, 6.45) is 4.81. The summed E-state index contributed by atoms with van der Waals surface area (Å²) in [7, 11) is 0. The highest BCUT2D eigenvalue weighted by Crippen LogP contribution is 2.68. The van der Waals surface area contributed by atoms with Crippen molar-refractivity contribution in [1.29, 1.82) is 0 Å². The van der Waals surface area contributed by atoms with Crippen molar-refractivity contribution < 1.29 is 19.5 Å². The van der Waals surface area contributed by atoms with Crippen LogP contribution in [0, 0.1) is 25.7 Å². The van der Waals surface area contributed by atoms with Gasteiger partial charge in [0.15, 0.2) is 0 Å². The Bertz CT molecular complexity index is 1140. The summed E-state index contributed by atoms with van der Waals surface area (Å²) in [5, 5.41) is 10.1. The van der Waals surface area contributed by atoms with Crippen molar-refractivity contribution in [2.45, 2.75) is 67.4 Å². The number of anilines is 1. The fourth-order valence-electron chi connectivity index (χ4n) is 6.92. The van der Waals surface area contributed by atoms with Gasteiger partial charge >= 0.3 is 0 Å². The number of para-hydroxylation sites is 1. The fraction of sp³-hybridized carbons (Fsp3) is 0.567. The van der Waals surface area contributed by atoms with Gasteiger partial charge in [-0.25, -0.2) is 0 Å². The number of nitrogens with zero attached hydrogens (tertiary/aromatic N) is 3. The maximum absolute atomic E-state index is 14.7. The number of hydrogen-bond acceptors (Lipinski definition) is 5. The molecular weight excluding hydrogens is 578 g/mol. The normalized spacial score (nSPS) is 29.7. The largest absolute Gasteiger partial charge is 0.394 e. The maximum Gasteiger partial charge on any atom is 0.251 e. The van der Waals surface area contributed by atoms with E-state index in [0.717, 1.165) is 23.2 Å². The standard InChI is InChI=1S/C30H40BrN3O4S/c1-7-13-32(14-8-2)27(36)22-23-28(37)34(20(6)17-35)26(30(23)16-21(31)25(22)39-30)29(38)33(15-9-3)24-18(4)11-10-12-19(24)5/h7,9-12,20-23,25-26,35H,1,3,8,13-17H2,2,4-6H3/t20-,21?,22-,23+,25-,26?,30?/m1/s1. The molecule has 39 heavy (non-hydrogen) atoms. The fourth-order valence-corrected chi connectivity index (χ4v) is 10.5. The highest BCUT2D eigenvalue weighted by molar-refractivity contribution is 9.09. The smallest absolute Gasteiger partial charge is 0.251 e. The van der Waals surface area contributed by atoms with Crippen LogP contribution in [0.25, 0.3) is 0 Å². The van der Waals surface area contributed by atoms with Gasteiger partial charge in [-0.1, -0.05) is 53.2 Å². The van der Waals surface area contributed by atoms with Crippen LogP contribution in [0.3, 0.4) is 0 Å². The topological polar surface area (TPSA) is 81.2 Å². The van der Waals surface area contributed by atoms with E-state index in [1.165, 1.54) is 0 Å². The number of hydrogen-bond donors (Lipinski definition) is 1. The van der Waals surface area contributed by atoms with E-state index in [2.05, 4.69) is 29.1 Å². The van der Waals surface area contributed by atoms with Gasteiger partial charge in [0.25, 0.3) is 5.91 Å². The van der Waals surface area contributed by atoms with Crippen LogP contribution in [-0.4, -0.2) is 85.8 Å². The molecule has 212 valence electrons. The van der Waals surface area contributed by atoms with Crippen molar-refractivity contribution in [3.8, 4) is 0 Å². The molecule has 1 N–H and O–H groups in total. The predicted octanol–water partition coefficient (Wildman–Crippen LogP) is 4.09. The second-order valence-corrected chi connectivity index (χ2v) is 13.7. The number of carbonyl (C=O) groups is 3. The summed E-state index contributed by atoms with van der Waals surface area (Å²) < 4.78 is -0.779. The molecule has 3 saturated heterocycles. The van der Waals surface area contributed by atoms with Gasteiger partial charge in [-0.05, 0) is 44.7 Å². The second-order valence-electron chi connectivity index (χ2n) is 11.0. The molecule has 3 fully saturated rings. The number of fused-ring (bicyclic) bond motifs is 1. The molecule has 3 heterocycles. The number of halogens is 1. The zero-order valence-corrected chi connectivity index (χ0v) is 25.7. The zero-order valence-electron chi connectivity index (χ0n) is 23.3. The van der Waals surface area contributed by atoms with E-state index < -0.39 is 28.7 Å². The average Bonchev–Trinajstić information content (AvgIpc) is 3.50. The van der Waals surface area contributed by atoms with Crippen LogP contribution in [0.15, 0.2) is 43.5 Å². The third-order valence-corrected chi connectivity index (χ3v) is 11.6. The van der Waals surface area contributed by atoms with E-state index in [0.29, 0.717) is 19.5 Å². The molecule has 2 bridgehead atoms. The first-order valence-electron chi connectivity index (χ1n) is 13.7. The minimum atomic E-state index is -0.817.